The Kier molecular flexibility index (Phi) is 2.29. The summed E-state index contributed by atoms with van der Waals surface area (Å²) in [7, 11) is 0. The summed E-state index contributed by atoms with van der Waals surface area (Å²) >= 11 is 0. The first-order valence-electron chi connectivity index (χ1n) is 3.81. The quantitative estimate of drug-likeness (QED) is 0.640. The van der Waals surface area contributed by atoms with E-state index in [0.717, 1.165) is 12.8 Å². The number of rotatable bonds is 4. The third-order valence-corrected chi connectivity index (χ3v) is 2.37. The van der Waals surface area contributed by atoms with Crippen molar-refractivity contribution in [2.45, 2.75) is 32.1 Å². The summed E-state index contributed by atoms with van der Waals surface area (Å²) in [5, 5.41) is 17.0. The van der Waals surface area contributed by atoms with Crippen molar-refractivity contribution in [2.24, 2.45) is 5.41 Å². The van der Waals surface area contributed by atoms with Gasteiger partial charge in [0.1, 0.15) is 0 Å². The number of nitriles is 1. The molecule has 1 saturated carbocycles. The maximum atomic E-state index is 8.66. The summed E-state index contributed by atoms with van der Waals surface area (Å²) in [6.07, 6.45) is 4.98. The fourth-order valence-corrected chi connectivity index (χ4v) is 1.36. The first kappa shape index (κ1) is 7.56. The van der Waals surface area contributed by atoms with Crippen molar-refractivity contribution in [2.75, 3.05) is 6.61 Å². The first-order chi connectivity index (χ1) is 4.83. The minimum atomic E-state index is 0.283. The van der Waals surface area contributed by atoms with E-state index in [2.05, 4.69) is 6.07 Å². The largest absolute Gasteiger partial charge is 0.396 e. The molecule has 0 aromatic heterocycles. The fraction of sp³-hybridized carbons (Fsp3) is 0.875. The first-order valence-corrected chi connectivity index (χ1v) is 3.81. The van der Waals surface area contributed by atoms with Gasteiger partial charge < -0.3 is 5.11 Å². The van der Waals surface area contributed by atoms with Crippen LogP contribution in [0.25, 0.3) is 0 Å². The van der Waals surface area contributed by atoms with E-state index in [-0.39, 0.29) is 6.61 Å². The van der Waals surface area contributed by atoms with E-state index in [1.165, 1.54) is 12.8 Å². The molecule has 1 rings (SSSR count). The van der Waals surface area contributed by atoms with Gasteiger partial charge in [0.05, 0.1) is 6.07 Å². The molecule has 2 nitrogen and oxygen atoms in total. The second kappa shape index (κ2) is 3.03. The number of aliphatic hydroxyl groups is 1. The van der Waals surface area contributed by atoms with Crippen LogP contribution in [0.4, 0.5) is 0 Å². The monoisotopic (exact) mass is 139 g/mol. The summed E-state index contributed by atoms with van der Waals surface area (Å²) in [4.78, 5) is 0. The van der Waals surface area contributed by atoms with E-state index in [4.69, 9.17) is 10.4 Å². The maximum absolute atomic E-state index is 8.66. The molecular formula is C8H13NO. The number of aliphatic hydroxyl groups excluding tert-OH is 1. The maximum Gasteiger partial charge on any atom is 0.0621 e. The summed E-state index contributed by atoms with van der Waals surface area (Å²) in [5.41, 5.74) is 0.379. The highest BCUT2D eigenvalue weighted by Crippen LogP contribution is 2.52. The highest BCUT2D eigenvalue weighted by atomic mass is 16.3. The normalized spacial score (nSPS) is 20.0. The van der Waals surface area contributed by atoms with E-state index >= 15 is 0 Å². The van der Waals surface area contributed by atoms with Gasteiger partial charge in [-0.05, 0) is 31.1 Å². The molecule has 1 aliphatic carbocycles. The molecule has 56 valence electrons. The zero-order valence-electron chi connectivity index (χ0n) is 6.14. The van der Waals surface area contributed by atoms with Crippen LogP contribution >= 0.6 is 0 Å². The average molecular weight is 139 g/mol. The van der Waals surface area contributed by atoms with Crippen LogP contribution in [0.3, 0.4) is 0 Å². The Morgan fingerprint density at radius 1 is 1.40 bits per heavy atom. The predicted molar refractivity (Wildman–Crippen MR) is 38.2 cm³/mol. The van der Waals surface area contributed by atoms with Crippen LogP contribution in [0, 0.1) is 16.7 Å². The smallest absolute Gasteiger partial charge is 0.0621 e. The summed E-state index contributed by atoms with van der Waals surface area (Å²) in [6, 6.07) is 2.14. The lowest BCUT2D eigenvalue weighted by molar-refractivity contribution is 0.243. The van der Waals surface area contributed by atoms with Gasteiger partial charge in [-0.2, -0.15) is 5.26 Å². The topological polar surface area (TPSA) is 44.0 Å². The molecular weight excluding hydrogens is 126 g/mol. The zero-order chi connectivity index (χ0) is 7.45. The Hall–Kier alpha value is -0.550. The Balaban J connectivity index is 2.18. The van der Waals surface area contributed by atoms with Crippen LogP contribution in [0.5, 0.6) is 0 Å². The molecule has 10 heavy (non-hydrogen) atoms. The zero-order valence-corrected chi connectivity index (χ0v) is 6.14. The highest BCUT2D eigenvalue weighted by molar-refractivity contribution is 4.94. The van der Waals surface area contributed by atoms with Gasteiger partial charge in [-0.3, -0.25) is 0 Å². The lowest BCUT2D eigenvalue weighted by Gasteiger charge is -2.09. The van der Waals surface area contributed by atoms with Crippen LogP contribution in [0.2, 0.25) is 0 Å². The molecule has 2 heteroatoms. The molecule has 0 amide bonds. The SMILES string of the molecule is N#CCCC1(CCO)CC1. The second-order valence-electron chi connectivity index (χ2n) is 3.13. The lowest BCUT2D eigenvalue weighted by Crippen LogP contribution is -2.02. The molecule has 0 atom stereocenters. The molecule has 0 radical (unpaired) electrons. The predicted octanol–water partition coefficient (Wildman–Crippen LogP) is 1.45. The van der Waals surface area contributed by atoms with E-state index in [1.807, 2.05) is 0 Å². The van der Waals surface area contributed by atoms with Crippen molar-refractivity contribution in [1.82, 2.24) is 0 Å². The number of nitrogens with zero attached hydrogens (tertiary/aromatic N) is 1. The van der Waals surface area contributed by atoms with Crippen molar-refractivity contribution in [1.29, 1.82) is 5.26 Å². The molecule has 0 aromatic rings. The van der Waals surface area contributed by atoms with Gasteiger partial charge in [-0.25, -0.2) is 0 Å². The lowest BCUT2D eigenvalue weighted by atomic mass is 9.97. The van der Waals surface area contributed by atoms with Gasteiger partial charge >= 0.3 is 0 Å². The molecule has 0 unspecified atom stereocenters. The van der Waals surface area contributed by atoms with E-state index in [9.17, 15) is 0 Å². The molecule has 1 N–H and O–H groups in total. The standard InChI is InChI=1S/C8H13NO/c9-6-1-2-8(3-4-8)5-7-10/h10H,1-5,7H2. The van der Waals surface area contributed by atoms with Gasteiger partial charge in [-0.15, -0.1) is 0 Å². The average Bonchev–Trinajstić information content (AvgIpc) is 2.67. The van der Waals surface area contributed by atoms with Gasteiger partial charge in [0.15, 0.2) is 0 Å². The van der Waals surface area contributed by atoms with Gasteiger partial charge in [0.25, 0.3) is 0 Å². The summed E-state index contributed by atoms with van der Waals surface area (Å²) in [5.74, 6) is 0. The molecule has 0 spiro atoms. The third-order valence-electron chi connectivity index (χ3n) is 2.37. The van der Waals surface area contributed by atoms with E-state index in [1.54, 1.807) is 0 Å². The van der Waals surface area contributed by atoms with Gasteiger partial charge in [0.2, 0.25) is 0 Å². The Morgan fingerprint density at radius 3 is 2.50 bits per heavy atom. The molecule has 0 aliphatic heterocycles. The highest BCUT2D eigenvalue weighted by Gasteiger charge is 2.40. The van der Waals surface area contributed by atoms with E-state index in [0.29, 0.717) is 11.8 Å². The molecule has 0 heterocycles. The van der Waals surface area contributed by atoms with Crippen LogP contribution < -0.4 is 0 Å². The van der Waals surface area contributed by atoms with Crippen molar-refractivity contribution in [3.05, 3.63) is 0 Å². The number of hydrogen-bond donors (Lipinski definition) is 1. The van der Waals surface area contributed by atoms with Crippen molar-refractivity contribution in [3.8, 4) is 6.07 Å². The summed E-state index contributed by atoms with van der Waals surface area (Å²) in [6.45, 7) is 0.283. The molecule has 1 fully saturated rings. The van der Waals surface area contributed by atoms with Gasteiger partial charge in [-0.1, -0.05) is 0 Å². The van der Waals surface area contributed by atoms with Gasteiger partial charge in [0, 0.05) is 13.0 Å². The van der Waals surface area contributed by atoms with Crippen LogP contribution in [-0.2, 0) is 0 Å². The molecule has 0 saturated heterocycles. The van der Waals surface area contributed by atoms with Crippen molar-refractivity contribution < 1.29 is 5.11 Å². The minimum Gasteiger partial charge on any atom is -0.396 e. The van der Waals surface area contributed by atoms with Crippen LogP contribution in [-0.4, -0.2) is 11.7 Å². The van der Waals surface area contributed by atoms with E-state index < -0.39 is 0 Å². The Labute approximate surface area is 61.5 Å². The molecule has 0 bridgehead atoms. The third kappa shape index (κ3) is 1.71. The molecule has 1 aliphatic rings. The van der Waals surface area contributed by atoms with Crippen molar-refractivity contribution >= 4 is 0 Å². The Morgan fingerprint density at radius 2 is 2.10 bits per heavy atom. The second-order valence-corrected chi connectivity index (χ2v) is 3.13. The number of hydrogen-bond acceptors (Lipinski definition) is 2. The molecule has 0 aromatic carbocycles. The summed E-state index contributed by atoms with van der Waals surface area (Å²) < 4.78 is 0. The Bertz CT molecular complexity index is 144. The van der Waals surface area contributed by atoms with Crippen LogP contribution in [0.1, 0.15) is 32.1 Å². The fourth-order valence-electron chi connectivity index (χ4n) is 1.36. The van der Waals surface area contributed by atoms with Crippen molar-refractivity contribution in [3.63, 3.8) is 0 Å². The van der Waals surface area contributed by atoms with Crippen LogP contribution in [0.15, 0.2) is 0 Å². The minimum absolute atomic E-state index is 0.283.